The van der Waals surface area contributed by atoms with Crippen LogP contribution in [0.4, 0.5) is 0 Å². The summed E-state index contributed by atoms with van der Waals surface area (Å²) in [5.41, 5.74) is 4.24. The van der Waals surface area contributed by atoms with Crippen LogP contribution in [0.2, 0.25) is 0 Å². The van der Waals surface area contributed by atoms with E-state index in [0.717, 1.165) is 6.42 Å². The van der Waals surface area contributed by atoms with E-state index in [4.69, 9.17) is 0 Å². The highest BCUT2D eigenvalue weighted by molar-refractivity contribution is 5.90. The highest BCUT2D eigenvalue weighted by Crippen LogP contribution is 2.32. The Bertz CT molecular complexity index is 564. The van der Waals surface area contributed by atoms with Crippen molar-refractivity contribution in [3.8, 4) is 0 Å². The van der Waals surface area contributed by atoms with Crippen molar-refractivity contribution < 1.29 is 0 Å². The zero-order chi connectivity index (χ0) is 13.1. The Hall–Kier alpha value is -1.56. The molecule has 0 heterocycles. The van der Waals surface area contributed by atoms with Crippen molar-refractivity contribution >= 4 is 16.8 Å². The summed E-state index contributed by atoms with van der Waals surface area (Å²) in [6.07, 6.45) is 4.27. The first-order valence-electron chi connectivity index (χ1n) is 6.89. The molecule has 2 aromatic rings. The molecule has 0 fully saturated rings. The lowest BCUT2D eigenvalue weighted by Crippen LogP contribution is -2.00. The minimum Gasteiger partial charge on any atom is -0.0984 e. The fourth-order valence-corrected chi connectivity index (χ4v) is 2.71. The molecule has 0 aromatic heterocycles. The average molecular weight is 238 g/mol. The van der Waals surface area contributed by atoms with E-state index in [2.05, 4.69) is 57.7 Å². The summed E-state index contributed by atoms with van der Waals surface area (Å²) in [6, 6.07) is 11.0. The Balaban J connectivity index is 2.82. The van der Waals surface area contributed by atoms with Crippen molar-refractivity contribution in [1.82, 2.24) is 0 Å². The summed E-state index contributed by atoms with van der Waals surface area (Å²) < 4.78 is 0. The van der Waals surface area contributed by atoms with Gasteiger partial charge in [-0.3, -0.25) is 0 Å². The molecule has 1 unspecified atom stereocenters. The third-order valence-electron chi connectivity index (χ3n) is 3.93. The Morgan fingerprint density at radius 2 is 1.94 bits per heavy atom. The molecule has 0 amide bonds. The van der Waals surface area contributed by atoms with Gasteiger partial charge in [-0.2, -0.15) is 0 Å². The Morgan fingerprint density at radius 1 is 1.22 bits per heavy atom. The monoisotopic (exact) mass is 238 g/mol. The largest absolute Gasteiger partial charge is 0.0984 e. The van der Waals surface area contributed by atoms with Gasteiger partial charge in [-0.15, -0.1) is 0 Å². The van der Waals surface area contributed by atoms with Crippen molar-refractivity contribution in [2.75, 3.05) is 0 Å². The number of fused-ring (bicyclic) bond motifs is 1. The molecule has 94 valence electrons. The molecule has 0 aliphatic carbocycles. The van der Waals surface area contributed by atoms with E-state index in [1.165, 1.54) is 33.9 Å². The first-order valence-corrected chi connectivity index (χ1v) is 6.89. The van der Waals surface area contributed by atoms with Crippen LogP contribution in [-0.4, -0.2) is 0 Å². The Labute approximate surface area is 110 Å². The summed E-state index contributed by atoms with van der Waals surface area (Å²) >= 11 is 0. The SMILES string of the molecule is C=Cc1c(C(C)CC)cc2ccccc2c1CC. The van der Waals surface area contributed by atoms with Gasteiger partial charge in [0.15, 0.2) is 0 Å². The molecule has 0 saturated heterocycles. The zero-order valence-electron chi connectivity index (χ0n) is 11.7. The van der Waals surface area contributed by atoms with E-state index in [0.29, 0.717) is 5.92 Å². The fraction of sp³-hybridized carbons (Fsp3) is 0.333. The maximum absolute atomic E-state index is 4.02. The number of benzene rings is 2. The first kappa shape index (κ1) is 12.9. The lowest BCUT2D eigenvalue weighted by molar-refractivity contribution is 0.732. The van der Waals surface area contributed by atoms with Gasteiger partial charge < -0.3 is 0 Å². The molecule has 0 saturated carbocycles. The van der Waals surface area contributed by atoms with Gasteiger partial charge in [0.05, 0.1) is 0 Å². The molecule has 2 rings (SSSR count). The van der Waals surface area contributed by atoms with Crippen LogP contribution in [0.15, 0.2) is 36.9 Å². The van der Waals surface area contributed by atoms with Crippen LogP contribution in [0.5, 0.6) is 0 Å². The molecule has 0 N–H and O–H groups in total. The molecule has 0 spiro atoms. The number of rotatable bonds is 4. The van der Waals surface area contributed by atoms with E-state index in [1.54, 1.807) is 0 Å². The van der Waals surface area contributed by atoms with Gasteiger partial charge >= 0.3 is 0 Å². The van der Waals surface area contributed by atoms with E-state index < -0.39 is 0 Å². The van der Waals surface area contributed by atoms with Crippen LogP contribution in [0.25, 0.3) is 16.8 Å². The standard InChI is InChI=1S/C18H22/c1-5-13(4)18-12-14-10-8-9-11-17(14)15(6-2)16(18)7-3/h7-13H,3,5-6H2,1-2,4H3. The second-order valence-corrected chi connectivity index (χ2v) is 4.95. The van der Waals surface area contributed by atoms with Gasteiger partial charge in [0.1, 0.15) is 0 Å². The maximum atomic E-state index is 4.02. The van der Waals surface area contributed by atoms with Crippen molar-refractivity contribution in [2.24, 2.45) is 0 Å². The molecular formula is C18H22. The highest BCUT2D eigenvalue weighted by atomic mass is 14.2. The summed E-state index contributed by atoms with van der Waals surface area (Å²) in [7, 11) is 0. The van der Waals surface area contributed by atoms with Crippen LogP contribution in [0.1, 0.15) is 49.8 Å². The lowest BCUT2D eigenvalue weighted by atomic mass is 9.86. The summed E-state index contributed by atoms with van der Waals surface area (Å²) in [4.78, 5) is 0. The van der Waals surface area contributed by atoms with Crippen LogP contribution in [0, 0.1) is 0 Å². The smallest absolute Gasteiger partial charge is 0.0146 e. The van der Waals surface area contributed by atoms with Crippen LogP contribution in [-0.2, 0) is 6.42 Å². The maximum Gasteiger partial charge on any atom is -0.0146 e. The molecule has 1 atom stereocenters. The minimum absolute atomic E-state index is 0.591. The van der Waals surface area contributed by atoms with Crippen molar-refractivity contribution in [1.29, 1.82) is 0 Å². The van der Waals surface area contributed by atoms with Gasteiger partial charge in [0.2, 0.25) is 0 Å². The molecule has 0 heteroatoms. The van der Waals surface area contributed by atoms with E-state index >= 15 is 0 Å². The third kappa shape index (κ3) is 2.08. The molecule has 2 aromatic carbocycles. The Morgan fingerprint density at radius 3 is 2.56 bits per heavy atom. The third-order valence-corrected chi connectivity index (χ3v) is 3.93. The van der Waals surface area contributed by atoms with E-state index in [9.17, 15) is 0 Å². The Kier molecular flexibility index (Phi) is 3.86. The van der Waals surface area contributed by atoms with Crippen molar-refractivity contribution in [2.45, 2.75) is 39.5 Å². The summed E-state index contributed by atoms with van der Waals surface area (Å²) in [5, 5.41) is 2.73. The van der Waals surface area contributed by atoms with Gasteiger partial charge in [0, 0.05) is 0 Å². The fourth-order valence-electron chi connectivity index (χ4n) is 2.71. The van der Waals surface area contributed by atoms with Crippen LogP contribution < -0.4 is 0 Å². The van der Waals surface area contributed by atoms with Gasteiger partial charge in [-0.25, -0.2) is 0 Å². The molecule has 0 bridgehead atoms. The van der Waals surface area contributed by atoms with Crippen LogP contribution in [0.3, 0.4) is 0 Å². The molecule has 0 radical (unpaired) electrons. The second-order valence-electron chi connectivity index (χ2n) is 4.95. The first-order chi connectivity index (χ1) is 8.72. The number of aryl methyl sites for hydroxylation is 1. The number of hydrogen-bond acceptors (Lipinski definition) is 0. The normalized spacial score (nSPS) is 12.6. The van der Waals surface area contributed by atoms with Gasteiger partial charge in [-0.1, -0.05) is 63.8 Å². The van der Waals surface area contributed by atoms with Crippen molar-refractivity contribution in [3.63, 3.8) is 0 Å². The van der Waals surface area contributed by atoms with Gasteiger partial charge in [-0.05, 0) is 46.2 Å². The predicted octanol–water partition coefficient (Wildman–Crippen LogP) is 5.56. The van der Waals surface area contributed by atoms with Crippen molar-refractivity contribution in [3.05, 3.63) is 53.6 Å². The van der Waals surface area contributed by atoms with Crippen LogP contribution >= 0.6 is 0 Å². The highest BCUT2D eigenvalue weighted by Gasteiger charge is 2.13. The lowest BCUT2D eigenvalue weighted by Gasteiger charge is -2.18. The summed E-state index contributed by atoms with van der Waals surface area (Å²) in [6.45, 7) is 10.8. The van der Waals surface area contributed by atoms with Gasteiger partial charge in [0.25, 0.3) is 0 Å². The second kappa shape index (κ2) is 5.39. The minimum atomic E-state index is 0.591. The molecule has 18 heavy (non-hydrogen) atoms. The molecule has 0 aliphatic rings. The zero-order valence-corrected chi connectivity index (χ0v) is 11.7. The predicted molar refractivity (Wildman–Crippen MR) is 82.1 cm³/mol. The van der Waals surface area contributed by atoms with E-state index in [-0.39, 0.29) is 0 Å². The molecule has 0 nitrogen and oxygen atoms in total. The molecule has 0 aliphatic heterocycles. The quantitative estimate of drug-likeness (QED) is 0.654. The average Bonchev–Trinajstić information content (AvgIpc) is 2.44. The number of hydrogen-bond donors (Lipinski definition) is 0. The molecular weight excluding hydrogens is 216 g/mol. The summed E-state index contributed by atoms with van der Waals surface area (Å²) in [5.74, 6) is 0.591. The van der Waals surface area contributed by atoms with E-state index in [1.807, 2.05) is 6.08 Å². The topological polar surface area (TPSA) is 0 Å².